The Morgan fingerprint density at radius 2 is 1.58 bits per heavy atom. The van der Waals surface area contributed by atoms with E-state index < -0.39 is 21.5 Å². The van der Waals surface area contributed by atoms with Crippen LogP contribution in [0.25, 0.3) is 0 Å². The number of hydrogen-bond donors (Lipinski definition) is 3. The average Bonchev–Trinajstić information content (AvgIpc) is 1.85. The van der Waals surface area contributed by atoms with E-state index in [0.717, 1.165) is 0 Å². The molecule has 0 spiro atoms. The average molecular weight is 375 g/mol. The molecule has 0 amide bonds. The van der Waals surface area contributed by atoms with Crippen molar-refractivity contribution in [3.05, 3.63) is 31.9 Å². The third-order valence-corrected chi connectivity index (χ3v) is 0.742. The summed E-state index contributed by atoms with van der Waals surface area (Å²) in [6.45, 7) is 0. The summed E-state index contributed by atoms with van der Waals surface area (Å²) in [6.07, 6.45) is 0. The maximum absolute atomic E-state index is 9.87. The SMILES string of the molecule is NNC(N)=C([N+](=O)[O-])[N+](=O)[O-].[BiH3]. The van der Waals surface area contributed by atoms with Crippen molar-refractivity contribution in [2.45, 2.75) is 0 Å². The zero-order valence-electron chi connectivity index (χ0n) is 5.89. The molecular weight excluding hydrogens is 367 g/mol. The second kappa shape index (κ2) is 5.61. The number of hydrazine groups is 1. The minimum absolute atomic E-state index is 0. The molecule has 0 atom stereocenters. The van der Waals surface area contributed by atoms with Gasteiger partial charge < -0.3 is 5.73 Å². The van der Waals surface area contributed by atoms with Gasteiger partial charge in [-0.15, -0.1) is 0 Å². The van der Waals surface area contributed by atoms with E-state index in [1.165, 1.54) is 0 Å². The van der Waals surface area contributed by atoms with Crippen molar-refractivity contribution in [3.63, 3.8) is 0 Å². The van der Waals surface area contributed by atoms with Gasteiger partial charge in [-0.1, -0.05) is 0 Å². The first kappa shape index (κ1) is 13.6. The molecule has 0 saturated heterocycles. The second-order valence-electron chi connectivity index (χ2n) is 1.40. The molecule has 12 heavy (non-hydrogen) atoms. The van der Waals surface area contributed by atoms with Gasteiger partial charge in [0.15, 0.2) is 0 Å². The van der Waals surface area contributed by atoms with Crippen molar-refractivity contribution in [2.24, 2.45) is 11.6 Å². The van der Waals surface area contributed by atoms with Crippen LogP contribution in [-0.2, 0) is 0 Å². The fraction of sp³-hybridized carbons (Fsp3) is 0. The van der Waals surface area contributed by atoms with Gasteiger partial charge in [0.25, 0.3) is 5.82 Å². The van der Waals surface area contributed by atoms with E-state index in [0.29, 0.717) is 0 Å². The molecule has 0 aromatic rings. The van der Waals surface area contributed by atoms with E-state index >= 15 is 0 Å². The summed E-state index contributed by atoms with van der Waals surface area (Å²) < 4.78 is 0. The summed E-state index contributed by atoms with van der Waals surface area (Å²) in [6, 6.07) is 0. The molecule has 10 heteroatoms. The van der Waals surface area contributed by atoms with E-state index in [2.05, 4.69) is 5.84 Å². The number of hydrogen-bond acceptors (Lipinski definition) is 7. The van der Waals surface area contributed by atoms with Gasteiger partial charge in [-0.25, -0.2) is 5.84 Å². The van der Waals surface area contributed by atoms with Crippen molar-refractivity contribution in [2.75, 3.05) is 0 Å². The second-order valence-corrected chi connectivity index (χ2v) is 1.40. The predicted molar refractivity (Wildman–Crippen MR) is 42.5 cm³/mol. The summed E-state index contributed by atoms with van der Waals surface area (Å²) in [5.41, 5.74) is 6.38. The van der Waals surface area contributed by atoms with Crippen molar-refractivity contribution in [3.8, 4) is 0 Å². The van der Waals surface area contributed by atoms with Crippen molar-refractivity contribution in [1.29, 1.82) is 0 Å². The van der Waals surface area contributed by atoms with Crippen LogP contribution in [0.3, 0.4) is 0 Å². The Bertz CT molecular complexity index is 209. The number of nitrogens with two attached hydrogens (primary N) is 2. The van der Waals surface area contributed by atoms with E-state index in [4.69, 9.17) is 5.73 Å². The van der Waals surface area contributed by atoms with Crippen LogP contribution >= 0.6 is 0 Å². The summed E-state index contributed by atoms with van der Waals surface area (Å²) in [5.74, 6) is 2.45. The molecule has 5 N–H and O–H groups in total. The standard InChI is InChI=1S/C2H5N5O4.Bi.3H/c3-1(5-4)2(6(8)9)7(10)11;;;;/h5H,3-4H2;;;;. The zero-order chi connectivity index (χ0) is 9.02. The van der Waals surface area contributed by atoms with E-state index in [9.17, 15) is 20.2 Å². The minimum atomic E-state index is -1.37. The first-order chi connectivity index (χ1) is 5.00. The number of nitrogens with zero attached hydrogens (tertiary/aromatic N) is 2. The Balaban J connectivity index is 0. The molecular formula is C2H8BiN5O4. The molecule has 0 saturated carbocycles. The molecule has 9 nitrogen and oxygen atoms in total. The quantitative estimate of drug-likeness (QED) is 0.205. The summed E-state index contributed by atoms with van der Waals surface area (Å²) >= 11 is 0. The summed E-state index contributed by atoms with van der Waals surface area (Å²) in [4.78, 5) is 17.3. The van der Waals surface area contributed by atoms with Gasteiger partial charge in [-0.3, -0.25) is 25.7 Å². The third-order valence-electron chi connectivity index (χ3n) is 0.742. The Kier molecular flexibility index (Phi) is 6.34. The first-order valence-corrected chi connectivity index (χ1v) is 2.25. The molecule has 0 radical (unpaired) electrons. The normalized spacial score (nSPS) is 7.75. The fourth-order valence-electron chi connectivity index (χ4n) is 0.328. The zero-order valence-corrected chi connectivity index (χ0v) is 11.4. The Labute approximate surface area is 85.2 Å². The van der Waals surface area contributed by atoms with Crippen LogP contribution in [0.5, 0.6) is 0 Å². The molecule has 0 aromatic heterocycles. The van der Waals surface area contributed by atoms with Gasteiger partial charge >= 0.3 is 32.0 Å². The number of nitro groups is 2. The molecule has 0 unspecified atom stereocenters. The fourth-order valence-corrected chi connectivity index (χ4v) is 0.328. The van der Waals surface area contributed by atoms with Gasteiger partial charge in [0.2, 0.25) is 0 Å². The summed E-state index contributed by atoms with van der Waals surface area (Å²) in [5, 5.41) is 19.7. The number of nitrogens with one attached hydrogen (secondary N) is 1. The first-order valence-electron chi connectivity index (χ1n) is 2.25. The molecule has 0 aliphatic heterocycles. The van der Waals surface area contributed by atoms with Crippen LogP contribution in [0, 0.1) is 20.2 Å². The van der Waals surface area contributed by atoms with Crippen LogP contribution in [0.4, 0.5) is 0 Å². The van der Waals surface area contributed by atoms with Crippen LogP contribution in [0.2, 0.25) is 0 Å². The van der Waals surface area contributed by atoms with Crippen LogP contribution in [0.15, 0.2) is 11.6 Å². The Morgan fingerprint density at radius 1 is 1.25 bits per heavy atom. The van der Waals surface area contributed by atoms with Gasteiger partial charge in [-0.05, 0) is 0 Å². The molecule has 0 bridgehead atoms. The van der Waals surface area contributed by atoms with E-state index in [-0.39, 0.29) is 26.2 Å². The molecule has 0 heterocycles. The molecule has 0 aromatic carbocycles. The van der Waals surface area contributed by atoms with E-state index in [1.54, 1.807) is 5.43 Å². The monoisotopic (exact) mass is 375 g/mol. The molecule has 70 valence electrons. The van der Waals surface area contributed by atoms with Gasteiger partial charge in [0.05, 0.1) is 0 Å². The van der Waals surface area contributed by atoms with Crippen molar-refractivity contribution in [1.82, 2.24) is 5.43 Å². The van der Waals surface area contributed by atoms with Gasteiger partial charge in [0, 0.05) is 0 Å². The molecule has 0 aliphatic rings. The topological polar surface area (TPSA) is 150 Å². The van der Waals surface area contributed by atoms with Crippen LogP contribution in [0.1, 0.15) is 0 Å². The maximum atomic E-state index is 9.87. The summed E-state index contributed by atoms with van der Waals surface area (Å²) in [7, 11) is 0. The van der Waals surface area contributed by atoms with Crippen LogP contribution in [-0.4, -0.2) is 36.1 Å². The van der Waals surface area contributed by atoms with Gasteiger partial charge in [0.1, 0.15) is 9.85 Å². The van der Waals surface area contributed by atoms with Crippen LogP contribution < -0.4 is 17.0 Å². The third kappa shape index (κ3) is 3.40. The number of rotatable bonds is 3. The Morgan fingerprint density at radius 3 is 1.67 bits per heavy atom. The Hall–Kier alpha value is -1.02. The van der Waals surface area contributed by atoms with Gasteiger partial charge in [-0.2, -0.15) is 0 Å². The van der Waals surface area contributed by atoms with Crippen molar-refractivity contribution < 1.29 is 9.85 Å². The molecule has 0 aliphatic carbocycles. The van der Waals surface area contributed by atoms with Crippen molar-refractivity contribution >= 4 is 26.2 Å². The predicted octanol–water partition coefficient (Wildman–Crippen LogP) is -3.10. The van der Waals surface area contributed by atoms with E-state index in [1.807, 2.05) is 0 Å². The molecule has 0 rings (SSSR count). The molecule has 0 fully saturated rings.